The number of nitrogens with zero attached hydrogens (tertiary/aromatic N) is 3. The molecule has 3 heterocycles. The van der Waals surface area contributed by atoms with Gasteiger partial charge in [0.15, 0.2) is 0 Å². The number of phenols is 1. The van der Waals surface area contributed by atoms with Crippen LogP contribution < -0.4 is 11.5 Å². The zero-order valence-corrected chi connectivity index (χ0v) is 19.4. The molecular formula is C26H22FN5O2S. The molecule has 1 unspecified atom stereocenters. The number of aromatic nitrogens is 1. The van der Waals surface area contributed by atoms with Crippen molar-refractivity contribution in [2.24, 2.45) is 10.8 Å². The van der Waals surface area contributed by atoms with Gasteiger partial charge in [-0.1, -0.05) is 30.3 Å². The molecule has 0 bridgehead atoms. The summed E-state index contributed by atoms with van der Waals surface area (Å²) in [5, 5.41) is 16.2. The van der Waals surface area contributed by atoms with Crippen molar-refractivity contribution in [1.82, 2.24) is 9.99 Å². The number of halogens is 1. The molecule has 1 amide bonds. The zero-order valence-electron chi connectivity index (χ0n) is 18.6. The van der Waals surface area contributed by atoms with Gasteiger partial charge in [0.05, 0.1) is 27.9 Å². The predicted molar refractivity (Wildman–Crippen MR) is 134 cm³/mol. The first kappa shape index (κ1) is 22.7. The molecule has 9 heteroatoms. The number of pyridine rings is 1. The first-order valence-electron chi connectivity index (χ1n) is 10.9. The Morgan fingerprint density at radius 1 is 1.14 bits per heavy atom. The van der Waals surface area contributed by atoms with E-state index in [1.807, 2.05) is 30.3 Å². The van der Waals surface area contributed by atoms with Gasteiger partial charge in [-0.05, 0) is 41.5 Å². The lowest BCUT2D eigenvalue weighted by molar-refractivity contribution is 0.0712. The normalized spacial score (nSPS) is 15.3. The molecular weight excluding hydrogens is 465 g/mol. The molecule has 5 N–H and O–H groups in total. The van der Waals surface area contributed by atoms with Gasteiger partial charge in [0, 0.05) is 35.8 Å². The molecule has 0 spiro atoms. The number of hydrogen-bond donors (Lipinski definition) is 3. The average Bonchev–Trinajstić information content (AvgIpc) is 3.52. The first-order valence-corrected chi connectivity index (χ1v) is 11.8. The first-order chi connectivity index (χ1) is 17.0. The van der Waals surface area contributed by atoms with Crippen molar-refractivity contribution < 1.29 is 14.3 Å². The maximum Gasteiger partial charge on any atom is 0.284 e. The van der Waals surface area contributed by atoms with Crippen molar-refractivity contribution in [2.45, 2.75) is 19.0 Å². The number of rotatable bonds is 5. The standard InChI is InChI=1S/C26H22FN5O2S/c27-19-6-3-7-22(33)25(19)21-11-20(16-10-17(29)14-30-13-16)31-32(21)26(34)24-9-8-23(35-24)18-5-2-1-4-15(18)12-28/h1-10,13-14,21,33H,11-12,28-29H2. The van der Waals surface area contributed by atoms with Crippen LogP contribution in [0.25, 0.3) is 10.4 Å². The van der Waals surface area contributed by atoms with E-state index in [0.29, 0.717) is 28.4 Å². The van der Waals surface area contributed by atoms with Crippen LogP contribution in [0.15, 0.2) is 78.2 Å². The van der Waals surface area contributed by atoms with Crippen molar-refractivity contribution >= 4 is 28.6 Å². The molecule has 0 radical (unpaired) electrons. The number of aromatic hydroxyl groups is 1. The van der Waals surface area contributed by atoms with Gasteiger partial charge in [-0.25, -0.2) is 9.40 Å². The summed E-state index contributed by atoms with van der Waals surface area (Å²) in [6.07, 6.45) is 3.29. The van der Waals surface area contributed by atoms with E-state index in [-0.39, 0.29) is 17.7 Å². The quantitative estimate of drug-likeness (QED) is 0.378. The van der Waals surface area contributed by atoms with E-state index in [4.69, 9.17) is 11.5 Å². The number of nitrogens with two attached hydrogens (primary N) is 2. The summed E-state index contributed by atoms with van der Waals surface area (Å²) < 4.78 is 14.9. The second-order valence-corrected chi connectivity index (χ2v) is 9.20. The van der Waals surface area contributed by atoms with Gasteiger partial charge in [0.2, 0.25) is 0 Å². The molecule has 1 atom stereocenters. The Bertz CT molecular complexity index is 1430. The summed E-state index contributed by atoms with van der Waals surface area (Å²) in [4.78, 5) is 19.1. The highest BCUT2D eigenvalue weighted by Crippen LogP contribution is 2.40. The van der Waals surface area contributed by atoms with Crippen LogP contribution in [-0.4, -0.2) is 26.7 Å². The lowest BCUT2D eigenvalue weighted by Gasteiger charge is -2.22. The second kappa shape index (κ2) is 9.28. The third-order valence-electron chi connectivity index (χ3n) is 5.89. The Kier molecular flexibility index (Phi) is 6.02. The highest BCUT2D eigenvalue weighted by molar-refractivity contribution is 7.17. The van der Waals surface area contributed by atoms with E-state index >= 15 is 0 Å². The molecule has 0 saturated heterocycles. The summed E-state index contributed by atoms with van der Waals surface area (Å²) in [7, 11) is 0. The van der Waals surface area contributed by atoms with E-state index in [0.717, 1.165) is 16.0 Å². The minimum absolute atomic E-state index is 0.0155. The van der Waals surface area contributed by atoms with Crippen molar-refractivity contribution in [3.63, 3.8) is 0 Å². The second-order valence-electron chi connectivity index (χ2n) is 8.12. The monoisotopic (exact) mass is 487 g/mol. The molecule has 7 nitrogen and oxygen atoms in total. The topological polar surface area (TPSA) is 118 Å². The number of hydrogen-bond acceptors (Lipinski definition) is 7. The summed E-state index contributed by atoms with van der Waals surface area (Å²) in [6.45, 7) is 0.375. The van der Waals surface area contributed by atoms with E-state index < -0.39 is 17.8 Å². The van der Waals surface area contributed by atoms with Gasteiger partial charge in [0.1, 0.15) is 11.6 Å². The van der Waals surface area contributed by atoms with Gasteiger partial charge in [0.25, 0.3) is 5.91 Å². The molecule has 2 aromatic heterocycles. The number of carbonyl (C=O) groups excluding carboxylic acids is 1. The maximum absolute atomic E-state index is 14.9. The van der Waals surface area contributed by atoms with Crippen molar-refractivity contribution in [2.75, 3.05) is 5.73 Å². The number of amides is 1. The Labute approximate surface area is 205 Å². The van der Waals surface area contributed by atoms with Gasteiger partial charge < -0.3 is 16.6 Å². The molecule has 4 aromatic rings. The van der Waals surface area contributed by atoms with Crippen LogP contribution in [0.4, 0.5) is 10.1 Å². The lowest BCUT2D eigenvalue weighted by atomic mass is 9.97. The van der Waals surface area contributed by atoms with Crippen LogP contribution in [0.1, 0.15) is 38.8 Å². The van der Waals surface area contributed by atoms with Crippen LogP contribution in [-0.2, 0) is 6.54 Å². The summed E-state index contributed by atoms with van der Waals surface area (Å²) >= 11 is 1.31. The third kappa shape index (κ3) is 4.27. The fraction of sp³-hybridized carbons (Fsp3) is 0.115. The summed E-state index contributed by atoms with van der Waals surface area (Å²) in [5.74, 6) is -1.25. The summed E-state index contributed by atoms with van der Waals surface area (Å²) in [5.41, 5.74) is 15.3. The van der Waals surface area contributed by atoms with Gasteiger partial charge in [-0.15, -0.1) is 11.3 Å². The largest absolute Gasteiger partial charge is 0.507 e. The SMILES string of the molecule is NCc1ccccc1-c1ccc(C(=O)N2N=C(c3cncc(N)c3)CC2c2c(O)cccc2F)s1. The van der Waals surface area contributed by atoms with Crippen LogP contribution in [0.5, 0.6) is 5.75 Å². The molecule has 1 aliphatic rings. The van der Waals surface area contributed by atoms with E-state index in [9.17, 15) is 14.3 Å². The highest BCUT2D eigenvalue weighted by atomic mass is 32.1. The molecule has 35 heavy (non-hydrogen) atoms. The van der Waals surface area contributed by atoms with Crippen molar-refractivity contribution in [3.05, 3.63) is 100 Å². The molecule has 0 aliphatic carbocycles. The Balaban J connectivity index is 1.55. The fourth-order valence-corrected chi connectivity index (χ4v) is 5.22. The van der Waals surface area contributed by atoms with Crippen LogP contribution in [0, 0.1) is 5.82 Å². The Hall–Kier alpha value is -4.08. The fourth-order valence-electron chi connectivity index (χ4n) is 4.22. The predicted octanol–water partition coefficient (Wildman–Crippen LogP) is 4.69. The highest BCUT2D eigenvalue weighted by Gasteiger charge is 2.37. The molecule has 176 valence electrons. The molecule has 0 fully saturated rings. The van der Waals surface area contributed by atoms with Crippen LogP contribution in [0.2, 0.25) is 0 Å². The van der Waals surface area contributed by atoms with Gasteiger partial charge >= 0.3 is 0 Å². The molecule has 0 saturated carbocycles. The van der Waals surface area contributed by atoms with E-state index in [1.165, 1.54) is 40.7 Å². The van der Waals surface area contributed by atoms with Gasteiger partial charge in [-0.2, -0.15) is 5.10 Å². The minimum atomic E-state index is -0.831. The van der Waals surface area contributed by atoms with E-state index in [2.05, 4.69) is 10.1 Å². The van der Waals surface area contributed by atoms with Crippen molar-refractivity contribution in [3.8, 4) is 16.2 Å². The number of carbonyl (C=O) groups is 1. The minimum Gasteiger partial charge on any atom is -0.507 e. The number of anilines is 1. The number of phenolic OH excluding ortho intramolecular Hbond substituents is 1. The maximum atomic E-state index is 14.9. The zero-order chi connectivity index (χ0) is 24.5. The lowest BCUT2D eigenvalue weighted by Crippen LogP contribution is -2.27. The Morgan fingerprint density at radius 2 is 1.97 bits per heavy atom. The number of benzene rings is 2. The van der Waals surface area contributed by atoms with Crippen LogP contribution >= 0.6 is 11.3 Å². The molecule has 1 aliphatic heterocycles. The number of hydrazone groups is 1. The average molecular weight is 488 g/mol. The van der Waals surface area contributed by atoms with Gasteiger partial charge in [-0.3, -0.25) is 9.78 Å². The smallest absolute Gasteiger partial charge is 0.284 e. The number of nitrogen functional groups attached to an aromatic ring is 1. The van der Waals surface area contributed by atoms with Crippen molar-refractivity contribution in [1.29, 1.82) is 0 Å². The third-order valence-corrected chi connectivity index (χ3v) is 7.00. The summed E-state index contributed by atoms with van der Waals surface area (Å²) in [6, 6.07) is 16.3. The number of thiophene rings is 1. The van der Waals surface area contributed by atoms with E-state index in [1.54, 1.807) is 18.3 Å². The van der Waals surface area contributed by atoms with Crippen LogP contribution in [0.3, 0.4) is 0 Å². The molecule has 5 rings (SSSR count). The Morgan fingerprint density at radius 3 is 2.74 bits per heavy atom. The molecule has 2 aromatic carbocycles.